The van der Waals surface area contributed by atoms with Gasteiger partial charge < -0.3 is 10.1 Å². The fourth-order valence-corrected chi connectivity index (χ4v) is 3.22. The van der Waals surface area contributed by atoms with Crippen LogP contribution in [-0.4, -0.2) is 29.5 Å². The summed E-state index contributed by atoms with van der Waals surface area (Å²) in [5, 5.41) is 8.34. The molecule has 2 aliphatic heterocycles. The fourth-order valence-electron chi connectivity index (χ4n) is 3.22. The lowest BCUT2D eigenvalue weighted by molar-refractivity contribution is 0.167. The lowest BCUT2D eigenvalue weighted by Gasteiger charge is -2.29. The van der Waals surface area contributed by atoms with Crippen molar-refractivity contribution in [1.82, 2.24) is 9.78 Å². The normalized spacial score (nSPS) is 27.1. The van der Waals surface area contributed by atoms with Gasteiger partial charge in [-0.25, -0.2) is 4.68 Å². The van der Waals surface area contributed by atoms with Gasteiger partial charge in [0.15, 0.2) is 0 Å². The Bertz CT molecular complexity index is 441. The van der Waals surface area contributed by atoms with Gasteiger partial charge >= 0.3 is 0 Å². The quantitative estimate of drug-likeness (QED) is 0.891. The summed E-state index contributed by atoms with van der Waals surface area (Å²) < 4.78 is 7.78. The second-order valence-electron chi connectivity index (χ2n) is 7.11. The van der Waals surface area contributed by atoms with Crippen LogP contribution >= 0.6 is 0 Å². The monoisotopic (exact) mass is 263 g/mol. The Morgan fingerprint density at radius 3 is 2.95 bits per heavy atom. The summed E-state index contributed by atoms with van der Waals surface area (Å²) in [4.78, 5) is 0. The number of anilines is 1. The van der Waals surface area contributed by atoms with E-state index < -0.39 is 0 Å². The first kappa shape index (κ1) is 13.0. The summed E-state index contributed by atoms with van der Waals surface area (Å²) >= 11 is 0. The highest BCUT2D eigenvalue weighted by Crippen LogP contribution is 2.35. The Morgan fingerprint density at radius 1 is 1.42 bits per heavy atom. The molecule has 1 aromatic rings. The lowest BCUT2D eigenvalue weighted by Crippen LogP contribution is -2.29. The van der Waals surface area contributed by atoms with Gasteiger partial charge in [-0.2, -0.15) is 5.10 Å². The molecule has 1 fully saturated rings. The van der Waals surface area contributed by atoms with Crippen LogP contribution in [0.15, 0.2) is 6.07 Å². The van der Waals surface area contributed by atoms with Gasteiger partial charge in [0.25, 0.3) is 0 Å². The maximum atomic E-state index is 5.55. The maximum absolute atomic E-state index is 5.55. The molecule has 106 valence electrons. The number of hydrogen-bond donors (Lipinski definition) is 1. The van der Waals surface area contributed by atoms with Gasteiger partial charge in [0.05, 0.1) is 18.3 Å². The third-order valence-electron chi connectivity index (χ3n) is 4.07. The summed E-state index contributed by atoms with van der Waals surface area (Å²) in [5.74, 6) is 1.84. The first-order valence-electron chi connectivity index (χ1n) is 7.43. The first-order valence-corrected chi connectivity index (χ1v) is 7.43. The van der Waals surface area contributed by atoms with Crippen LogP contribution in [-0.2, 0) is 11.2 Å². The molecule has 0 spiro atoms. The van der Waals surface area contributed by atoms with Gasteiger partial charge in [0, 0.05) is 25.1 Å². The summed E-state index contributed by atoms with van der Waals surface area (Å²) in [6.45, 7) is 9.67. The zero-order chi connectivity index (χ0) is 13.5. The highest BCUT2D eigenvalue weighted by Gasteiger charge is 2.31. The zero-order valence-corrected chi connectivity index (χ0v) is 12.3. The molecule has 3 rings (SSSR count). The SMILES string of the molecule is CC(C)(C)Cc1cc2n(n1)C(C1CCOC1)CCN2. The summed E-state index contributed by atoms with van der Waals surface area (Å²) in [7, 11) is 0. The predicted molar refractivity (Wildman–Crippen MR) is 76.5 cm³/mol. The topological polar surface area (TPSA) is 39.1 Å². The van der Waals surface area contributed by atoms with Crippen molar-refractivity contribution in [2.24, 2.45) is 11.3 Å². The number of ether oxygens (including phenoxy) is 1. The molecule has 1 saturated heterocycles. The molecule has 1 aromatic heterocycles. The van der Waals surface area contributed by atoms with E-state index in [4.69, 9.17) is 9.84 Å². The molecule has 19 heavy (non-hydrogen) atoms. The van der Waals surface area contributed by atoms with E-state index in [-0.39, 0.29) is 5.41 Å². The molecular weight excluding hydrogens is 238 g/mol. The average molecular weight is 263 g/mol. The first-order chi connectivity index (χ1) is 9.03. The third-order valence-corrected chi connectivity index (χ3v) is 4.07. The lowest BCUT2D eigenvalue weighted by atomic mass is 9.91. The van der Waals surface area contributed by atoms with Crippen molar-refractivity contribution in [2.75, 3.05) is 25.1 Å². The van der Waals surface area contributed by atoms with Gasteiger partial charge in [-0.3, -0.25) is 0 Å². The maximum Gasteiger partial charge on any atom is 0.124 e. The minimum absolute atomic E-state index is 0.288. The van der Waals surface area contributed by atoms with Crippen molar-refractivity contribution >= 4 is 5.82 Å². The van der Waals surface area contributed by atoms with Crippen molar-refractivity contribution in [3.63, 3.8) is 0 Å². The minimum atomic E-state index is 0.288. The average Bonchev–Trinajstić information content (AvgIpc) is 2.93. The van der Waals surface area contributed by atoms with E-state index in [0.29, 0.717) is 12.0 Å². The van der Waals surface area contributed by atoms with Crippen LogP contribution in [0.4, 0.5) is 5.82 Å². The van der Waals surface area contributed by atoms with E-state index in [1.165, 1.54) is 17.9 Å². The standard InChI is InChI=1S/C15H25N3O/c1-15(2,3)9-12-8-14-16-6-4-13(18(14)17-12)11-5-7-19-10-11/h8,11,13,16H,4-7,9-10H2,1-3H3. The van der Waals surface area contributed by atoms with Gasteiger partial charge in [0.1, 0.15) is 5.82 Å². The van der Waals surface area contributed by atoms with Crippen molar-refractivity contribution in [3.05, 3.63) is 11.8 Å². The highest BCUT2D eigenvalue weighted by molar-refractivity contribution is 5.39. The number of nitrogens with one attached hydrogen (secondary N) is 1. The van der Waals surface area contributed by atoms with Gasteiger partial charge in [-0.15, -0.1) is 0 Å². The molecule has 4 nitrogen and oxygen atoms in total. The van der Waals surface area contributed by atoms with Gasteiger partial charge in [0.2, 0.25) is 0 Å². The Labute approximate surface area is 115 Å². The van der Waals surface area contributed by atoms with Crippen LogP contribution in [0.2, 0.25) is 0 Å². The Balaban J connectivity index is 1.83. The molecule has 0 saturated carbocycles. The van der Waals surface area contributed by atoms with E-state index in [1.807, 2.05) is 0 Å². The number of fused-ring (bicyclic) bond motifs is 1. The second-order valence-corrected chi connectivity index (χ2v) is 7.11. The van der Waals surface area contributed by atoms with Crippen molar-refractivity contribution in [2.45, 2.75) is 46.1 Å². The molecule has 2 unspecified atom stereocenters. The van der Waals surface area contributed by atoms with E-state index >= 15 is 0 Å². The number of nitrogens with zero attached hydrogens (tertiary/aromatic N) is 2. The molecular formula is C15H25N3O. The van der Waals surface area contributed by atoms with E-state index in [2.05, 4.69) is 36.8 Å². The van der Waals surface area contributed by atoms with Crippen LogP contribution in [0.25, 0.3) is 0 Å². The summed E-state index contributed by atoms with van der Waals surface area (Å²) in [6.07, 6.45) is 3.37. The van der Waals surface area contributed by atoms with Crippen molar-refractivity contribution < 1.29 is 4.74 Å². The molecule has 0 amide bonds. The molecule has 0 bridgehead atoms. The molecule has 0 radical (unpaired) electrons. The van der Waals surface area contributed by atoms with Crippen LogP contribution in [0.5, 0.6) is 0 Å². The van der Waals surface area contributed by atoms with E-state index in [0.717, 1.165) is 32.6 Å². The Hall–Kier alpha value is -1.03. The van der Waals surface area contributed by atoms with Crippen molar-refractivity contribution in [3.8, 4) is 0 Å². The van der Waals surface area contributed by atoms with Crippen LogP contribution < -0.4 is 5.32 Å². The van der Waals surface area contributed by atoms with Crippen molar-refractivity contribution in [1.29, 1.82) is 0 Å². The van der Waals surface area contributed by atoms with Gasteiger partial charge in [-0.05, 0) is 24.7 Å². The molecule has 2 atom stereocenters. The van der Waals surface area contributed by atoms with Gasteiger partial charge in [-0.1, -0.05) is 20.8 Å². The predicted octanol–water partition coefficient (Wildman–Crippen LogP) is 2.86. The van der Waals surface area contributed by atoms with E-state index in [1.54, 1.807) is 0 Å². The minimum Gasteiger partial charge on any atom is -0.381 e. The smallest absolute Gasteiger partial charge is 0.124 e. The highest BCUT2D eigenvalue weighted by atomic mass is 16.5. The van der Waals surface area contributed by atoms with Crippen LogP contribution in [0.3, 0.4) is 0 Å². The Morgan fingerprint density at radius 2 is 2.26 bits per heavy atom. The molecule has 4 heteroatoms. The molecule has 2 aliphatic rings. The number of rotatable bonds is 2. The summed E-state index contributed by atoms with van der Waals surface area (Å²) in [6, 6.07) is 2.75. The molecule has 1 N–H and O–H groups in total. The molecule has 0 aliphatic carbocycles. The Kier molecular flexibility index (Phi) is 3.29. The van der Waals surface area contributed by atoms with Crippen LogP contribution in [0.1, 0.15) is 45.3 Å². The zero-order valence-electron chi connectivity index (χ0n) is 12.3. The second kappa shape index (κ2) is 4.82. The summed E-state index contributed by atoms with van der Waals surface area (Å²) in [5.41, 5.74) is 1.50. The number of hydrogen-bond acceptors (Lipinski definition) is 3. The van der Waals surface area contributed by atoms with Crippen LogP contribution in [0, 0.1) is 11.3 Å². The molecule has 3 heterocycles. The fraction of sp³-hybridized carbons (Fsp3) is 0.800. The third kappa shape index (κ3) is 2.78. The largest absolute Gasteiger partial charge is 0.381 e. The van der Waals surface area contributed by atoms with E-state index in [9.17, 15) is 0 Å². The number of aromatic nitrogens is 2. The molecule has 0 aromatic carbocycles.